The summed E-state index contributed by atoms with van der Waals surface area (Å²) >= 11 is 6.05. The van der Waals surface area contributed by atoms with E-state index in [0.29, 0.717) is 35.0 Å². The van der Waals surface area contributed by atoms with Crippen LogP contribution in [0.15, 0.2) is 60.7 Å². The Morgan fingerprint density at radius 1 is 1.03 bits per heavy atom. The third kappa shape index (κ3) is 4.70. The minimum absolute atomic E-state index is 0.139. The van der Waals surface area contributed by atoms with Crippen LogP contribution < -0.4 is 19.9 Å². The van der Waals surface area contributed by atoms with Crippen molar-refractivity contribution in [3.63, 3.8) is 0 Å². The summed E-state index contributed by atoms with van der Waals surface area (Å²) in [7, 11) is 0. The number of fused-ring (bicyclic) bond motifs is 2. The highest BCUT2D eigenvalue weighted by Crippen LogP contribution is 2.34. The van der Waals surface area contributed by atoms with E-state index in [1.165, 1.54) is 29.2 Å². The van der Waals surface area contributed by atoms with E-state index >= 15 is 0 Å². The highest BCUT2D eigenvalue weighted by Gasteiger charge is 2.28. The summed E-state index contributed by atoms with van der Waals surface area (Å²) in [6.07, 6.45) is 0.684. The number of rotatable bonds is 5. The predicted octanol–water partition coefficient (Wildman–Crippen LogP) is 3.72. The lowest BCUT2D eigenvalue weighted by Gasteiger charge is -2.29. The Hall–Kier alpha value is -3.91. The number of carbonyl (C=O) groups is 3. The van der Waals surface area contributed by atoms with E-state index in [0.717, 1.165) is 16.8 Å². The van der Waals surface area contributed by atoms with Crippen LogP contribution in [0.5, 0.6) is 5.75 Å². The molecule has 0 radical (unpaired) electrons. The molecule has 3 aromatic rings. The van der Waals surface area contributed by atoms with Crippen LogP contribution in [0.2, 0.25) is 5.02 Å². The highest BCUT2D eigenvalue weighted by molar-refractivity contribution is 6.31. The molecule has 2 aliphatic rings. The van der Waals surface area contributed by atoms with Gasteiger partial charge in [0.25, 0.3) is 11.8 Å². The lowest BCUT2D eigenvalue weighted by molar-refractivity contribution is -0.125. The maximum Gasteiger partial charge on any atom is 0.265 e. The molecule has 0 spiro atoms. The first-order chi connectivity index (χ1) is 16.9. The van der Waals surface area contributed by atoms with Crippen molar-refractivity contribution in [2.75, 3.05) is 29.5 Å². The van der Waals surface area contributed by atoms with E-state index in [1.54, 1.807) is 23.1 Å². The first-order valence-corrected chi connectivity index (χ1v) is 11.5. The van der Waals surface area contributed by atoms with Crippen molar-refractivity contribution in [1.82, 2.24) is 5.32 Å². The maximum atomic E-state index is 13.2. The monoisotopic (exact) mass is 493 g/mol. The minimum Gasteiger partial charge on any atom is -0.482 e. The fourth-order valence-electron chi connectivity index (χ4n) is 4.27. The van der Waals surface area contributed by atoms with Crippen molar-refractivity contribution in [1.29, 1.82) is 0 Å². The lowest BCUT2D eigenvalue weighted by Crippen LogP contribution is -2.45. The van der Waals surface area contributed by atoms with E-state index < -0.39 is 0 Å². The zero-order valence-corrected chi connectivity index (χ0v) is 19.3. The minimum atomic E-state index is -0.388. The summed E-state index contributed by atoms with van der Waals surface area (Å²) in [5, 5.41) is 3.29. The van der Waals surface area contributed by atoms with Crippen molar-refractivity contribution in [2.45, 2.75) is 13.0 Å². The number of amides is 3. The second kappa shape index (κ2) is 9.38. The number of nitrogens with one attached hydrogen (secondary N) is 1. The SMILES string of the molecule is O=C(CN1C(=O)COc2ccc(Cl)cc21)NCc1ccc2c(c1)CCN2C(=O)c1ccc(F)cc1. The van der Waals surface area contributed by atoms with Crippen LogP contribution in [-0.2, 0) is 22.6 Å². The number of nitrogens with zero attached hydrogens (tertiary/aromatic N) is 2. The number of ether oxygens (including phenoxy) is 1. The van der Waals surface area contributed by atoms with Gasteiger partial charge in [0.1, 0.15) is 18.1 Å². The van der Waals surface area contributed by atoms with Gasteiger partial charge >= 0.3 is 0 Å². The summed E-state index contributed by atoms with van der Waals surface area (Å²) in [6, 6.07) is 16.1. The Balaban J connectivity index is 1.23. The van der Waals surface area contributed by atoms with Gasteiger partial charge < -0.3 is 15.0 Å². The van der Waals surface area contributed by atoms with Crippen LogP contribution in [0.4, 0.5) is 15.8 Å². The largest absolute Gasteiger partial charge is 0.482 e. The summed E-state index contributed by atoms with van der Waals surface area (Å²) in [5.74, 6) is -0.709. The molecule has 178 valence electrons. The van der Waals surface area contributed by atoms with Gasteiger partial charge in [-0.2, -0.15) is 0 Å². The molecule has 0 unspecified atom stereocenters. The van der Waals surface area contributed by atoms with E-state index in [4.69, 9.17) is 16.3 Å². The second-order valence-corrected chi connectivity index (χ2v) is 8.77. The van der Waals surface area contributed by atoms with Gasteiger partial charge in [-0.15, -0.1) is 0 Å². The standard InChI is InChI=1S/C26H21ClFN3O4/c27-19-4-8-23-22(12-19)31(25(33)15-35-23)14-24(32)29-13-16-1-7-21-18(11-16)9-10-30(21)26(34)17-2-5-20(28)6-3-17/h1-8,11-12H,9-10,13-15H2,(H,29,32). The van der Waals surface area contributed by atoms with Crippen molar-refractivity contribution < 1.29 is 23.5 Å². The molecule has 2 aliphatic heterocycles. The molecule has 35 heavy (non-hydrogen) atoms. The molecule has 3 amide bonds. The Bertz CT molecular complexity index is 1330. The smallest absolute Gasteiger partial charge is 0.265 e. The van der Waals surface area contributed by atoms with Gasteiger partial charge in [-0.25, -0.2) is 4.39 Å². The Labute approximate surface area is 206 Å². The molecule has 0 aliphatic carbocycles. The summed E-state index contributed by atoms with van der Waals surface area (Å²) < 4.78 is 18.6. The molecule has 9 heteroatoms. The highest BCUT2D eigenvalue weighted by atomic mass is 35.5. The normalized spacial score (nSPS) is 14.3. The number of benzene rings is 3. The van der Waals surface area contributed by atoms with E-state index in [9.17, 15) is 18.8 Å². The number of hydrogen-bond donors (Lipinski definition) is 1. The molecule has 0 fully saturated rings. The van der Waals surface area contributed by atoms with E-state index in [1.807, 2.05) is 18.2 Å². The first kappa shape index (κ1) is 22.9. The number of halogens is 2. The van der Waals surface area contributed by atoms with Gasteiger partial charge in [-0.05, 0) is 66.1 Å². The Morgan fingerprint density at radius 2 is 1.83 bits per heavy atom. The molecule has 0 aromatic heterocycles. The molecular weight excluding hydrogens is 473 g/mol. The van der Waals surface area contributed by atoms with Crippen LogP contribution in [0.25, 0.3) is 0 Å². The van der Waals surface area contributed by atoms with Crippen molar-refractivity contribution >= 4 is 40.7 Å². The second-order valence-electron chi connectivity index (χ2n) is 8.33. The van der Waals surface area contributed by atoms with Crippen molar-refractivity contribution in [3.8, 4) is 5.75 Å². The molecule has 0 bridgehead atoms. The molecule has 1 N–H and O–H groups in total. The average Bonchev–Trinajstić information content (AvgIpc) is 3.28. The Morgan fingerprint density at radius 3 is 2.63 bits per heavy atom. The third-order valence-corrected chi connectivity index (χ3v) is 6.27. The molecule has 7 nitrogen and oxygen atoms in total. The van der Waals surface area contributed by atoms with Gasteiger partial charge in [0.05, 0.1) is 5.69 Å². The van der Waals surface area contributed by atoms with Gasteiger partial charge in [-0.3, -0.25) is 19.3 Å². The number of anilines is 2. The number of carbonyl (C=O) groups excluding carboxylic acids is 3. The summed E-state index contributed by atoms with van der Waals surface area (Å²) in [6.45, 7) is 0.516. The van der Waals surface area contributed by atoms with Crippen molar-refractivity contribution in [2.24, 2.45) is 0 Å². The molecule has 0 saturated carbocycles. The molecule has 5 rings (SSSR count). The molecule has 2 heterocycles. The average molecular weight is 494 g/mol. The van der Waals surface area contributed by atoms with Gasteiger partial charge in [-0.1, -0.05) is 23.7 Å². The van der Waals surface area contributed by atoms with Crippen molar-refractivity contribution in [3.05, 3.63) is 88.2 Å². The fourth-order valence-corrected chi connectivity index (χ4v) is 4.44. The fraction of sp³-hybridized carbons (Fsp3) is 0.192. The summed E-state index contributed by atoms with van der Waals surface area (Å²) in [4.78, 5) is 40.8. The van der Waals surface area contributed by atoms with Crippen LogP contribution in [-0.4, -0.2) is 37.4 Å². The van der Waals surface area contributed by atoms with Crippen LogP contribution in [0.3, 0.4) is 0 Å². The van der Waals surface area contributed by atoms with E-state index in [2.05, 4.69) is 5.32 Å². The zero-order valence-electron chi connectivity index (χ0n) is 18.6. The lowest BCUT2D eigenvalue weighted by atomic mass is 10.1. The van der Waals surface area contributed by atoms with Crippen LogP contribution in [0.1, 0.15) is 21.5 Å². The third-order valence-electron chi connectivity index (χ3n) is 6.03. The van der Waals surface area contributed by atoms with Gasteiger partial charge in [0.15, 0.2) is 6.61 Å². The quantitative estimate of drug-likeness (QED) is 0.587. The van der Waals surface area contributed by atoms with Crippen LogP contribution in [0, 0.1) is 5.82 Å². The first-order valence-electron chi connectivity index (χ1n) is 11.1. The van der Waals surface area contributed by atoms with Gasteiger partial charge in [0, 0.05) is 29.4 Å². The van der Waals surface area contributed by atoms with Gasteiger partial charge in [0.2, 0.25) is 5.91 Å². The molecule has 3 aromatic carbocycles. The Kier molecular flexibility index (Phi) is 6.13. The molecule has 0 atom stereocenters. The predicted molar refractivity (Wildman–Crippen MR) is 129 cm³/mol. The van der Waals surface area contributed by atoms with E-state index in [-0.39, 0.29) is 43.2 Å². The number of hydrogen-bond acceptors (Lipinski definition) is 4. The molecular formula is C26H21ClFN3O4. The zero-order chi connectivity index (χ0) is 24.5. The molecule has 0 saturated heterocycles. The van der Waals surface area contributed by atoms with Crippen LogP contribution >= 0.6 is 11.6 Å². The topological polar surface area (TPSA) is 79.0 Å². The maximum absolute atomic E-state index is 13.2. The summed E-state index contributed by atoms with van der Waals surface area (Å²) in [5.41, 5.74) is 3.58.